The van der Waals surface area contributed by atoms with E-state index in [2.05, 4.69) is 20.6 Å². The Morgan fingerprint density at radius 2 is 2.03 bits per heavy atom. The van der Waals surface area contributed by atoms with Gasteiger partial charge in [0.25, 0.3) is 11.5 Å². The molecular formula is C24H27FN6O3. The number of nitrogens with zero attached hydrogens (tertiary/aromatic N) is 3. The summed E-state index contributed by atoms with van der Waals surface area (Å²) in [5, 5.41) is 6.27. The minimum absolute atomic E-state index is 0.0144. The van der Waals surface area contributed by atoms with E-state index in [1.165, 1.54) is 22.9 Å². The number of hydrogen-bond donors (Lipinski definition) is 3. The fourth-order valence-electron chi connectivity index (χ4n) is 4.79. The second kappa shape index (κ2) is 9.47. The quantitative estimate of drug-likeness (QED) is 0.507. The molecule has 0 unspecified atom stereocenters. The molecule has 10 heteroatoms. The van der Waals surface area contributed by atoms with Crippen molar-refractivity contribution in [1.82, 2.24) is 19.9 Å². The fraction of sp³-hybridized carbons (Fsp3) is 0.417. The lowest BCUT2D eigenvalue weighted by molar-refractivity contribution is -0.118. The maximum Gasteiger partial charge on any atom is 0.269 e. The summed E-state index contributed by atoms with van der Waals surface area (Å²) in [6.45, 7) is 0.936. The standard InChI is InChI=1S/C24H27FN6O3/c25-15-3-7-19-20(9-15)31(23(33)11-28-19)12-18(26)14-1-4-16(5-2-14)27-10-17-6-8-21-24(29-17)30-22(32)13-34-21/h3,6-9,11,14,16,18,27H,1-2,4-5,10,12-13,26H2,(H,29,30,32)/t14-,16-,18-/m0/s1. The van der Waals surface area contributed by atoms with E-state index < -0.39 is 5.82 Å². The summed E-state index contributed by atoms with van der Waals surface area (Å²) in [5.41, 5.74) is 8.11. The Bertz CT molecular complexity index is 1270. The van der Waals surface area contributed by atoms with Gasteiger partial charge in [-0.05, 0) is 61.9 Å². The summed E-state index contributed by atoms with van der Waals surface area (Å²) in [5.74, 6) is 0.714. The van der Waals surface area contributed by atoms with Gasteiger partial charge in [-0.3, -0.25) is 9.59 Å². The number of aromatic nitrogens is 3. The zero-order valence-electron chi connectivity index (χ0n) is 18.7. The topological polar surface area (TPSA) is 124 Å². The van der Waals surface area contributed by atoms with Gasteiger partial charge in [-0.1, -0.05) is 0 Å². The second-order valence-corrected chi connectivity index (χ2v) is 8.98. The largest absolute Gasteiger partial charge is 0.480 e. The van der Waals surface area contributed by atoms with Crippen LogP contribution in [0.3, 0.4) is 0 Å². The normalized spacial score (nSPS) is 20.9. The van der Waals surface area contributed by atoms with Gasteiger partial charge in [0.2, 0.25) is 0 Å². The van der Waals surface area contributed by atoms with E-state index in [0.717, 1.165) is 31.4 Å². The van der Waals surface area contributed by atoms with Gasteiger partial charge in [-0.15, -0.1) is 0 Å². The summed E-state index contributed by atoms with van der Waals surface area (Å²) in [6.07, 6.45) is 5.06. The van der Waals surface area contributed by atoms with Gasteiger partial charge in [0.05, 0.1) is 22.9 Å². The smallest absolute Gasteiger partial charge is 0.269 e. The first-order valence-electron chi connectivity index (χ1n) is 11.5. The fourth-order valence-corrected chi connectivity index (χ4v) is 4.79. The molecule has 2 aliphatic rings. The van der Waals surface area contributed by atoms with E-state index in [1.54, 1.807) is 6.07 Å². The highest BCUT2D eigenvalue weighted by atomic mass is 19.1. The van der Waals surface area contributed by atoms with Crippen LogP contribution in [0.2, 0.25) is 0 Å². The first kappa shape index (κ1) is 22.4. The van der Waals surface area contributed by atoms with Crippen LogP contribution in [-0.2, 0) is 17.9 Å². The number of nitrogens with one attached hydrogen (secondary N) is 2. The van der Waals surface area contributed by atoms with E-state index >= 15 is 0 Å². The molecule has 1 amide bonds. The predicted octanol–water partition coefficient (Wildman–Crippen LogP) is 1.94. The van der Waals surface area contributed by atoms with Crippen molar-refractivity contribution < 1.29 is 13.9 Å². The molecule has 1 fully saturated rings. The van der Waals surface area contributed by atoms with Crippen LogP contribution in [0.15, 0.2) is 41.3 Å². The number of hydrogen-bond acceptors (Lipinski definition) is 7. The van der Waals surface area contributed by atoms with Gasteiger partial charge >= 0.3 is 0 Å². The molecule has 5 rings (SSSR count). The molecule has 0 radical (unpaired) electrons. The van der Waals surface area contributed by atoms with Crippen molar-refractivity contribution >= 4 is 22.8 Å². The van der Waals surface area contributed by atoms with Crippen LogP contribution >= 0.6 is 0 Å². The van der Waals surface area contributed by atoms with Crippen molar-refractivity contribution in [1.29, 1.82) is 0 Å². The summed E-state index contributed by atoms with van der Waals surface area (Å²) in [6, 6.07) is 8.09. The van der Waals surface area contributed by atoms with Gasteiger partial charge < -0.3 is 25.7 Å². The van der Waals surface area contributed by atoms with Crippen LogP contribution in [0.25, 0.3) is 11.0 Å². The van der Waals surface area contributed by atoms with Crippen molar-refractivity contribution in [3.8, 4) is 5.75 Å². The maximum atomic E-state index is 13.8. The number of carbonyl (C=O) groups excluding carboxylic acids is 1. The number of carbonyl (C=O) groups is 1. The van der Waals surface area contributed by atoms with Gasteiger partial charge in [0.15, 0.2) is 18.2 Å². The van der Waals surface area contributed by atoms with Gasteiger partial charge in [0, 0.05) is 25.2 Å². The highest BCUT2D eigenvalue weighted by Gasteiger charge is 2.26. The number of nitrogens with two attached hydrogens (primary N) is 1. The monoisotopic (exact) mass is 466 g/mol. The molecule has 0 spiro atoms. The Kier molecular flexibility index (Phi) is 6.25. The van der Waals surface area contributed by atoms with Crippen molar-refractivity contribution in [3.63, 3.8) is 0 Å². The molecule has 1 aliphatic carbocycles. The van der Waals surface area contributed by atoms with Crippen molar-refractivity contribution in [2.24, 2.45) is 11.7 Å². The molecule has 3 heterocycles. The number of rotatable bonds is 6. The van der Waals surface area contributed by atoms with E-state index in [0.29, 0.717) is 41.7 Å². The number of ether oxygens (including phenoxy) is 1. The molecule has 1 atom stereocenters. The minimum Gasteiger partial charge on any atom is -0.480 e. The average molecular weight is 467 g/mol. The van der Waals surface area contributed by atoms with Crippen LogP contribution in [-0.4, -0.2) is 39.1 Å². The molecule has 4 N–H and O–H groups in total. The van der Waals surface area contributed by atoms with Crippen LogP contribution in [0.5, 0.6) is 5.75 Å². The van der Waals surface area contributed by atoms with Crippen molar-refractivity contribution in [2.45, 2.75) is 50.9 Å². The Hall–Kier alpha value is -3.37. The lowest BCUT2D eigenvalue weighted by Gasteiger charge is -2.33. The summed E-state index contributed by atoms with van der Waals surface area (Å²) in [7, 11) is 0. The summed E-state index contributed by atoms with van der Waals surface area (Å²) < 4.78 is 20.6. The summed E-state index contributed by atoms with van der Waals surface area (Å²) >= 11 is 0. The molecule has 1 saturated carbocycles. The number of anilines is 1. The Morgan fingerprint density at radius 3 is 2.85 bits per heavy atom. The second-order valence-electron chi connectivity index (χ2n) is 8.98. The Balaban J connectivity index is 1.16. The third kappa shape index (κ3) is 4.78. The van der Waals surface area contributed by atoms with Gasteiger partial charge in [-0.2, -0.15) is 0 Å². The molecule has 0 bridgehead atoms. The molecule has 3 aromatic rings. The van der Waals surface area contributed by atoms with E-state index in [9.17, 15) is 14.0 Å². The third-order valence-corrected chi connectivity index (χ3v) is 6.68. The SMILES string of the molecule is N[C@@H](Cn1c(=O)cnc2ccc(F)cc21)[C@H]1CC[C@H](NCc2ccc3c(n2)NC(=O)CO3)CC1. The predicted molar refractivity (Wildman–Crippen MR) is 125 cm³/mol. The third-order valence-electron chi connectivity index (χ3n) is 6.68. The van der Waals surface area contributed by atoms with Gasteiger partial charge in [-0.25, -0.2) is 14.4 Å². The van der Waals surface area contributed by atoms with Crippen molar-refractivity contribution in [3.05, 3.63) is 58.4 Å². The zero-order chi connectivity index (χ0) is 23.7. The molecule has 9 nitrogen and oxygen atoms in total. The minimum atomic E-state index is -0.405. The number of halogens is 1. The van der Waals surface area contributed by atoms with E-state index in [4.69, 9.17) is 10.5 Å². The molecule has 2 aromatic heterocycles. The molecule has 1 aliphatic heterocycles. The molecule has 0 saturated heterocycles. The molecular weight excluding hydrogens is 439 g/mol. The van der Waals surface area contributed by atoms with E-state index in [-0.39, 0.29) is 30.0 Å². The number of fused-ring (bicyclic) bond motifs is 2. The van der Waals surface area contributed by atoms with E-state index in [1.807, 2.05) is 12.1 Å². The Labute approximate surface area is 195 Å². The van der Waals surface area contributed by atoms with Crippen LogP contribution in [0, 0.1) is 11.7 Å². The zero-order valence-corrected chi connectivity index (χ0v) is 18.7. The lowest BCUT2D eigenvalue weighted by Crippen LogP contribution is -2.42. The van der Waals surface area contributed by atoms with Crippen LogP contribution < -0.4 is 26.7 Å². The van der Waals surface area contributed by atoms with Crippen molar-refractivity contribution in [2.75, 3.05) is 11.9 Å². The highest BCUT2D eigenvalue weighted by Crippen LogP contribution is 2.28. The number of benzene rings is 1. The van der Waals surface area contributed by atoms with Gasteiger partial charge in [0.1, 0.15) is 5.82 Å². The highest BCUT2D eigenvalue weighted by molar-refractivity contribution is 5.94. The lowest BCUT2D eigenvalue weighted by atomic mass is 9.81. The Morgan fingerprint density at radius 1 is 1.21 bits per heavy atom. The number of pyridine rings is 1. The summed E-state index contributed by atoms with van der Waals surface area (Å²) in [4.78, 5) is 32.5. The molecule has 34 heavy (non-hydrogen) atoms. The van der Waals surface area contributed by atoms with Crippen LogP contribution in [0.1, 0.15) is 31.4 Å². The first-order valence-corrected chi connectivity index (χ1v) is 11.5. The maximum absolute atomic E-state index is 13.8. The molecule has 178 valence electrons. The first-order chi connectivity index (χ1) is 16.5. The molecule has 1 aromatic carbocycles. The van der Waals surface area contributed by atoms with Crippen LogP contribution in [0.4, 0.5) is 10.2 Å². The number of amides is 1. The average Bonchev–Trinajstić information content (AvgIpc) is 2.84.